The molecule has 0 amide bonds. The van der Waals surface area contributed by atoms with Crippen LogP contribution in [0.25, 0.3) is 10.9 Å². The first-order valence-electron chi connectivity index (χ1n) is 11.6. The Morgan fingerprint density at radius 2 is 1.64 bits per heavy atom. The van der Waals surface area contributed by atoms with Crippen molar-refractivity contribution in [3.05, 3.63) is 99.7 Å². The highest BCUT2D eigenvalue weighted by atomic mass is 35.5. The van der Waals surface area contributed by atoms with Crippen molar-refractivity contribution in [2.24, 2.45) is 0 Å². The lowest BCUT2D eigenvalue weighted by atomic mass is 10.1. The third-order valence-electron chi connectivity index (χ3n) is 5.93. The predicted octanol–water partition coefficient (Wildman–Crippen LogP) is 8.14. The summed E-state index contributed by atoms with van der Waals surface area (Å²) >= 11 is 7.89. The molecule has 1 heterocycles. The van der Waals surface area contributed by atoms with Crippen LogP contribution in [0.3, 0.4) is 0 Å². The molecule has 0 aliphatic heterocycles. The summed E-state index contributed by atoms with van der Waals surface area (Å²) in [6.07, 6.45) is -3.84. The lowest BCUT2D eigenvalue weighted by Gasteiger charge is -2.17. The fraction of sp³-hybridized carbons (Fsp3) is 0.286. The van der Waals surface area contributed by atoms with Crippen molar-refractivity contribution in [2.75, 3.05) is 13.6 Å². The molecule has 4 rings (SSSR count). The summed E-state index contributed by atoms with van der Waals surface area (Å²) in [6.45, 7) is 3.54. The molecule has 0 aliphatic rings. The van der Waals surface area contributed by atoms with Crippen LogP contribution in [0, 0.1) is 6.92 Å². The van der Waals surface area contributed by atoms with Crippen LogP contribution in [-0.2, 0) is 24.5 Å². The maximum atomic E-state index is 12.4. The van der Waals surface area contributed by atoms with Crippen LogP contribution < -0.4 is 4.74 Å². The zero-order valence-electron chi connectivity index (χ0n) is 20.2. The first kappa shape index (κ1) is 26.5. The van der Waals surface area contributed by atoms with E-state index in [9.17, 15) is 13.2 Å². The number of benzene rings is 3. The minimum absolute atomic E-state index is 0.206. The SMILES string of the molecule is Cc1ccc2[nH]c(CCN(C)Cc3ccc(OC(F)(F)F)cc3)c(CSCc3ccc(Cl)cc3)c2c1. The van der Waals surface area contributed by atoms with Gasteiger partial charge < -0.3 is 14.6 Å². The highest BCUT2D eigenvalue weighted by molar-refractivity contribution is 7.97. The number of aryl methyl sites for hydroxylation is 1. The first-order valence-corrected chi connectivity index (χ1v) is 13.1. The molecule has 1 aromatic heterocycles. The molecule has 8 heteroatoms. The van der Waals surface area contributed by atoms with E-state index in [0.29, 0.717) is 6.54 Å². The summed E-state index contributed by atoms with van der Waals surface area (Å²) in [5.41, 5.74) is 7.09. The molecule has 0 saturated carbocycles. The molecule has 0 saturated heterocycles. The number of H-pyrrole nitrogens is 1. The van der Waals surface area contributed by atoms with Gasteiger partial charge in [0.15, 0.2) is 0 Å². The number of aromatic nitrogens is 1. The van der Waals surface area contributed by atoms with Gasteiger partial charge in [-0.1, -0.05) is 47.5 Å². The van der Waals surface area contributed by atoms with E-state index in [2.05, 4.69) is 51.9 Å². The Kier molecular flexibility index (Phi) is 8.54. The van der Waals surface area contributed by atoms with Crippen LogP contribution in [0.4, 0.5) is 13.2 Å². The summed E-state index contributed by atoms with van der Waals surface area (Å²) in [4.78, 5) is 5.78. The fourth-order valence-electron chi connectivity index (χ4n) is 4.14. The molecule has 36 heavy (non-hydrogen) atoms. The Morgan fingerprint density at radius 3 is 2.33 bits per heavy atom. The molecule has 3 nitrogen and oxygen atoms in total. The minimum atomic E-state index is -4.68. The number of fused-ring (bicyclic) bond motifs is 1. The van der Waals surface area contributed by atoms with Gasteiger partial charge in [-0.2, -0.15) is 11.8 Å². The largest absolute Gasteiger partial charge is 0.573 e. The van der Waals surface area contributed by atoms with Gasteiger partial charge in [-0.15, -0.1) is 13.2 Å². The van der Waals surface area contributed by atoms with E-state index in [4.69, 9.17) is 11.6 Å². The molecule has 0 atom stereocenters. The van der Waals surface area contributed by atoms with Crippen molar-refractivity contribution >= 4 is 34.3 Å². The van der Waals surface area contributed by atoms with Crippen LogP contribution in [-0.4, -0.2) is 29.8 Å². The van der Waals surface area contributed by atoms with Crippen molar-refractivity contribution in [3.8, 4) is 5.75 Å². The van der Waals surface area contributed by atoms with Gasteiger partial charge in [0.25, 0.3) is 0 Å². The summed E-state index contributed by atoms with van der Waals surface area (Å²) in [5, 5.41) is 2.00. The highest BCUT2D eigenvalue weighted by Gasteiger charge is 2.30. The summed E-state index contributed by atoms with van der Waals surface area (Å²) in [5.74, 6) is 1.59. The standard InChI is InChI=1S/C28H28ClF3N2OS/c1-19-3-12-26-24(15-19)25(18-36-17-21-4-8-22(29)9-5-21)27(33-26)13-14-34(2)16-20-6-10-23(11-7-20)35-28(30,31)32/h3-12,15,33H,13-14,16-18H2,1-2H3. The highest BCUT2D eigenvalue weighted by Crippen LogP contribution is 2.30. The smallest absolute Gasteiger partial charge is 0.406 e. The van der Waals surface area contributed by atoms with Crippen molar-refractivity contribution in [1.29, 1.82) is 0 Å². The molecule has 0 unspecified atom stereocenters. The van der Waals surface area contributed by atoms with Gasteiger partial charge in [-0.3, -0.25) is 0 Å². The Morgan fingerprint density at radius 1 is 0.944 bits per heavy atom. The molecule has 3 aromatic carbocycles. The van der Waals surface area contributed by atoms with Crippen LogP contribution in [0.5, 0.6) is 5.75 Å². The van der Waals surface area contributed by atoms with E-state index >= 15 is 0 Å². The van der Waals surface area contributed by atoms with E-state index in [-0.39, 0.29) is 5.75 Å². The number of nitrogens with one attached hydrogen (secondary N) is 1. The average Bonchev–Trinajstić information content (AvgIpc) is 3.16. The summed E-state index contributed by atoms with van der Waals surface area (Å²) in [7, 11) is 2.02. The molecule has 0 fully saturated rings. The zero-order valence-corrected chi connectivity index (χ0v) is 21.7. The van der Waals surface area contributed by atoms with E-state index in [1.807, 2.05) is 30.9 Å². The number of ether oxygens (including phenoxy) is 1. The number of aromatic amines is 1. The van der Waals surface area contributed by atoms with Crippen LogP contribution >= 0.6 is 23.4 Å². The lowest BCUT2D eigenvalue weighted by Crippen LogP contribution is -2.21. The number of hydrogen-bond donors (Lipinski definition) is 1. The summed E-state index contributed by atoms with van der Waals surface area (Å²) < 4.78 is 41.1. The van der Waals surface area contributed by atoms with Gasteiger partial charge >= 0.3 is 6.36 Å². The second-order valence-corrected chi connectivity index (χ2v) is 10.4. The fourth-order valence-corrected chi connectivity index (χ4v) is 5.33. The monoisotopic (exact) mass is 532 g/mol. The third kappa shape index (κ3) is 7.45. The number of halogens is 4. The first-order chi connectivity index (χ1) is 17.2. The molecule has 190 valence electrons. The van der Waals surface area contributed by atoms with Crippen molar-refractivity contribution < 1.29 is 17.9 Å². The summed E-state index contributed by atoms with van der Waals surface area (Å²) in [6, 6.07) is 20.5. The lowest BCUT2D eigenvalue weighted by molar-refractivity contribution is -0.274. The Balaban J connectivity index is 1.40. The third-order valence-corrected chi connectivity index (χ3v) is 7.21. The number of alkyl halides is 3. The number of hydrogen-bond acceptors (Lipinski definition) is 3. The Hall–Kier alpha value is -2.61. The molecule has 0 aliphatic carbocycles. The van der Waals surface area contributed by atoms with Gasteiger partial charge in [0.05, 0.1) is 0 Å². The molecule has 0 radical (unpaired) electrons. The normalized spacial score (nSPS) is 12.0. The van der Waals surface area contributed by atoms with Crippen LogP contribution in [0.1, 0.15) is 27.9 Å². The maximum absolute atomic E-state index is 12.4. The van der Waals surface area contributed by atoms with Gasteiger partial charge in [0.2, 0.25) is 0 Å². The zero-order chi connectivity index (χ0) is 25.7. The molecular formula is C28H28ClF3N2OS. The number of nitrogens with zero attached hydrogens (tertiary/aromatic N) is 1. The topological polar surface area (TPSA) is 28.3 Å². The van der Waals surface area contributed by atoms with E-state index in [1.54, 1.807) is 12.1 Å². The minimum Gasteiger partial charge on any atom is -0.406 e. The number of likely N-dealkylation sites (N-methyl/N-ethyl adjacent to an activating group) is 1. The molecule has 0 spiro atoms. The van der Waals surface area contributed by atoms with Gasteiger partial charge in [-0.25, -0.2) is 0 Å². The van der Waals surface area contributed by atoms with E-state index in [1.165, 1.54) is 39.9 Å². The molecular weight excluding hydrogens is 505 g/mol. The van der Waals surface area contributed by atoms with Crippen molar-refractivity contribution in [1.82, 2.24) is 9.88 Å². The molecule has 4 aromatic rings. The van der Waals surface area contributed by atoms with Crippen molar-refractivity contribution in [3.63, 3.8) is 0 Å². The van der Waals surface area contributed by atoms with Gasteiger partial charge in [-0.05, 0) is 67.1 Å². The average molecular weight is 533 g/mol. The van der Waals surface area contributed by atoms with Crippen LogP contribution in [0.15, 0.2) is 66.7 Å². The quantitative estimate of drug-likeness (QED) is 0.223. The van der Waals surface area contributed by atoms with Gasteiger partial charge in [0.1, 0.15) is 5.75 Å². The second kappa shape index (κ2) is 11.6. The van der Waals surface area contributed by atoms with E-state index < -0.39 is 6.36 Å². The Labute approximate surface area is 218 Å². The Bertz CT molecular complexity index is 1290. The number of thioether (sulfide) groups is 1. The molecule has 0 bridgehead atoms. The predicted molar refractivity (Wildman–Crippen MR) is 143 cm³/mol. The van der Waals surface area contributed by atoms with E-state index in [0.717, 1.165) is 40.6 Å². The van der Waals surface area contributed by atoms with Crippen LogP contribution in [0.2, 0.25) is 5.02 Å². The molecule has 1 N–H and O–H groups in total. The van der Waals surface area contributed by atoms with Gasteiger partial charge in [0, 0.05) is 52.6 Å². The van der Waals surface area contributed by atoms with Crippen molar-refractivity contribution in [2.45, 2.75) is 37.8 Å². The number of rotatable bonds is 10. The second-order valence-electron chi connectivity index (χ2n) is 8.93. The maximum Gasteiger partial charge on any atom is 0.573 e.